The highest BCUT2D eigenvalue weighted by atomic mass is 32.3. The van der Waals surface area contributed by atoms with E-state index in [1.165, 1.54) is 12.1 Å². The molecule has 19 heavy (non-hydrogen) atoms. The number of thiophene rings is 1. The Labute approximate surface area is 116 Å². The quantitative estimate of drug-likeness (QED) is 0.867. The molecule has 0 aliphatic carbocycles. The number of carbonyl (C=O) groups is 1. The number of ether oxygens (including phenoxy) is 1. The average molecular weight is 309 g/mol. The smallest absolute Gasteiger partial charge is 0.407 e. The molecule has 0 atom stereocenters. The van der Waals surface area contributed by atoms with Crippen LogP contribution >= 0.6 is 11.3 Å². The second kappa shape index (κ2) is 5.87. The van der Waals surface area contributed by atoms with Gasteiger partial charge in [0.05, 0.1) is 0 Å². The first-order chi connectivity index (χ1) is 8.58. The third-order valence-electron chi connectivity index (χ3n) is 1.92. The van der Waals surface area contributed by atoms with E-state index in [0.29, 0.717) is 17.8 Å². The standard InChI is InChI=1S/C11H16FNO4S2/c1-11(2,3)17-10(14)13-7-6-8-4-5-9(18-8)19(12,15)16/h4-5H,6-7H2,1-3H3,(H,13,14). The zero-order chi connectivity index (χ0) is 14.7. The van der Waals surface area contributed by atoms with Crippen molar-refractivity contribution in [3.8, 4) is 0 Å². The monoisotopic (exact) mass is 309 g/mol. The number of rotatable bonds is 4. The lowest BCUT2D eigenvalue weighted by molar-refractivity contribution is 0.0528. The number of alkyl carbamates (subject to hydrolysis) is 1. The molecule has 5 nitrogen and oxygen atoms in total. The zero-order valence-electron chi connectivity index (χ0n) is 10.9. The van der Waals surface area contributed by atoms with Crippen molar-refractivity contribution in [2.75, 3.05) is 6.54 Å². The Kier molecular flexibility index (Phi) is 4.92. The van der Waals surface area contributed by atoms with Crippen molar-refractivity contribution in [1.29, 1.82) is 0 Å². The molecule has 0 fully saturated rings. The van der Waals surface area contributed by atoms with Crippen LogP contribution in [0.3, 0.4) is 0 Å². The topological polar surface area (TPSA) is 72.5 Å². The van der Waals surface area contributed by atoms with Crippen molar-refractivity contribution in [2.24, 2.45) is 0 Å². The van der Waals surface area contributed by atoms with Crippen LogP contribution in [0.2, 0.25) is 0 Å². The molecule has 0 aliphatic heterocycles. The van der Waals surface area contributed by atoms with Gasteiger partial charge >= 0.3 is 16.3 Å². The van der Waals surface area contributed by atoms with Crippen LogP contribution in [0.1, 0.15) is 25.6 Å². The number of hydrogen-bond acceptors (Lipinski definition) is 5. The van der Waals surface area contributed by atoms with Crippen molar-refractivity contribution in [3.05, 3.63) is 17.0 Å². The summed E-state index contributed by atoms with van der Waals surface area (Å²) in [5.74, 6) is 0. The van der Waals surface area contributed by atoms with Crippen LogP contribution in [-0.2, 0) is 21.4 Å². The fraction of sp³-hybridized carbons (Fsp3) is 0.545. The number of amides is 1. The van der Waals surface area contributed by atoms with Gasteiger partial charge in [0.15, 0.2) is 4.21 Å². The van der Waals surface area contributed by atoms with E-state index >= 15 is 0 Å². The molecule has 0 radical (unpaired) electrons. The van der Waals surface area contributed by atoms with Crippen molar-refractivity contribution >= 4 is 27.7 Å². The Morgan fingerprint density at radius 3 is 2.53 bits per heavy atom. The molecular formula is C11H16FNO4S2. The van der Waals surface area contributed by atoms with Gasteiger partial charge in [-0.05, 0) is 39.3 Å². The van der Waals surface area contributed by atoms with E-state index in [1.807, 2.05) is 0 Å². The van der Waals surface area contributed by atoms with Crippen molar-refractivity contribution in [1.82, 2.24) is 5.32 Å². The molecule has 1 aromatic heterocycles. The van der Waals surface area contributed by atoms with Crippen molar-refractivity contribution in [2.45, 2.75) is 37.0 Å². The first kappa shape index (κ1) is 15.9. The van der Waals surface area contributed by atoms with Crippen LogP contribution in [0, 0.1) is 0 Å². The first-order valence-corrected chi connectivity index (χ1v) is 7.78. The van der Waals surface area contributed by atoms with E-state index in [2.05, 4.69) is 5.32 Å². The summed E-state index contributed by atoms with van der Waals surface area (Å²) in [5, 5.41) is 2.54. The van der Waals surface area contributed by atoms with Gasteiger partial charge in [-0.25, -0.2) is 4.79 Å². The van der Waals surface area contributed by atoms with Crippen LogP contribution < -0.4 is 5.32 Å². The minimum absolute atomic E-state index is 0.293. The molecule has 8 heteroatoms. The fourth-order valence-electron chi connectivity index (χ4n) is 1.23. The van der Waals surface area contributed by atoms with E-state index in [-0.39, 0.29) is 4.21 Å². The molecule has 0 aromatic carbocycles. The first-order valence-electron chi connectivity index (χ1n) is 5.58. The lowest BCUT2D eigenvalue weighted by Gasteiger charge is -2.19. The molecule has 0 unspecified atom stereocenters. The van der Waals surface area contributed by atoms with Gasteiger partial charge in [0.1, 0.15) is 5.60 Å². The number of halogens is 1. The normalized spacial score (nSPS) is 12.2. The molecule has 0 spiro atoms. The van der Waals surface area contributed by atoms with Gasteiger partial charge in [0.2, 0.25) is 0 Å². The molecule has 108 valence electrons. The third-order valence-corrected chi connectivity index (χ3v) is 4.32. The molecule has 0 saturated carbocycles. The van der Waals surface area contributed by atoms with Gasteiger partial charge in [-0.2, -0.15) is 8.42 Å². The van der Waals surface area contributed by atoms with Crippen LogP contribution in [0.15, 0.2) is 16.3 Å². The molecular weight excluding hydrogens is 293 g/mol. The molecule has 1 heterocycles. The van der Waals surface area contributed by atoms with Crippen LogP contribution in [0.5, 0.6) is 0 Å². The lowest BCUT2D eigenvalue weighted by Crippen LogP contribution is -2.33. The number of nitrogens with one attached hydrogen (secondary N) is 1. The molecule has 1 amide bonds. The summed E-state index contributed by atoms with van der Waals surface area (Å²) < 4.78 is 38.7. The summed E-state index contributed by atoms with van der Waals surface area (Å²) in [5.41, 5.74) is -0.567. The van der Waals surface area contributed by atoms with Gasteiger partial charge < -0.3 is 10.1 Å². The lowest BCUT2D eigenvalue weighted by atomic mass is 10.2. The van der Waals surface area contributed by atoms with Crippen LogP contribution in [-0.4, -0.2) is 26.7 Å². The Bertz CT molecular complexity index is 545. The van der Waals surface area contributed by atoms with E-state index in [1.54, 1.807) is 20.8 Å². The largest absolute Gasteiger partial charge is 0.444 e. The molecule has 0 bridgehead atoms. The minimum Gasteiger partial charge on any atom is -0.444 e. The highest BCUT2D eigenvalue weighted by Gasteiger charge is 2.17. The summed E-state index contributed by atoms with van der Waals surface area (Å²) in [4.78, 5) is 12.0. The maximum atomic E-state index is 12.7. The zero-order valence-corrected chi connectivity index (χ0v) is 12.5. The van der Waals surface area contributed by atoms with Gasteiger partial charge in [-0.3, -0.25) is 0 Å². The van der Waals surface area contributed by atoms with E-state index < -0.39 is 21.9 Å². The summed E-state index contributed by atoms with van der Waals surface area (Å²) in [6, 6.07) is 2.73. The maximum absolute atomic E-state index is 12.7. The van der Waals surface area contributed by atoms with E-state index in [4.69, 9.17) is 4.74 Å². The van der Waals surface area contributed by atoms with Gasteiger partial charge in [-0.15, -0.1) is 11.3 Å². The third kappa shape index (κ3) is 6.02. The molecule has 1 N–H and O–H groups in total. The van der Waals surface area contributed by atoms with Gasteiger partial charge in [-0.1, -0.05) is 3.89 Å². The van der Waals surface area contributed by atoms with Crippen molar-refractivity contribution < 1.29 is 21.8 Å². The second-order valence-electron chi connectivity index (χ2n) is 4.84. The molecule has 1 aromatic rings. The van der Waals surface area contributed by atoms with Crippen LogP contribution in [0.4, 0.5) is 8.68 Å². The highest BCUT2D eigenvalue weighted by molar-refractivity contribution is 7.88. The number of hydrogen-bond donors (Lipinski definition) is 1. The van der Waals surface area contributed by atoms with E-state index in [0.717, 1.165) is 11.3 Å². The number of carbonyl (C=O) groups excluding carboxylic acids is 1. The fourth-order valence-corrected chi connectivity index (χ4v) is 2.91. The summed E-state index contributed by atoms with van der Waals surface area (Å²) in [6.45, 7) is 5.56. The predicted octanol–water partition coefficient (Wildman–Crippen LogP) is 2.47. The average Bonchev–Trinajstić information content (AvgIpc) is 2.62. The summed E-state index contributed by atoms with van der Waals surface area (Å²) in [6.07, 6.45) is -0.123. The minimum atomic E-state index is -4.64. The predicted molar refractivity (Wildman–Crippen MR) is 70.6 cm³/mol. The van der Waals surface area contributed by atoms with Crippen molar-refractivity contribution in [3.63, 3.8) is 0 Å². The Balaban J connectivity index is 2.42. The Morgan fingerprint density at radius 2 is 2.05 bits per heavy atom. The summed E-state index contributed by atoms with van der Waals surface area (Å²) in [7, 11) is -4.64. The van der Waals surface area contributed by atoms with Crippen LogP contribution in [0.25, 0.3) is 0 Å². The molecule has 0 aliphatic rings. The second-order valence-corrected chi connectivity index (χ2v) is 7.58. The molecule has 1 rings (SSSR count). The van der Waals surface area contributed by atoms with Gasteiger partial charge in [0.25, 0.3) is 0 Å². The summed E-state index contributed by atoms with van der Waals surface area (Å²) >= 11 is 0.850. The Hall–Kier alpha value is -1.15. The highest BCUT2D eigenvalue weighted by Crippen LogP contribution is 2.23. The molecule has 0 saturated heterocycles. The SMILES string of the molecule is CC(C)(C)OC(=O)NCCc1ccc(S(=O)(=O)F)s1. The Morgan fingerprint density at radius 1 is 1.42 bits per heavy atom. The maximum Gasteiger partial charge on any atom is 0.407 e. The van der Waals surface area contributed by atoms with E-state index in [9.17, 15) is 17.1 Å². The van der Waals surface area contributed by atoms with Gasteiger partial charge in [0, 0.05) is 11.4 Å².